The second-order valence-electron chi connectivity index (χ2n) is 6.34. The Kier molecular flexibility index (Phi) is 4.66. The van der Waals surface area contributed by atoms with Crippen molar-refractivity contribution in [2.45, 2.75) is 38.3 Å². The number of morpholine rings is 1. The van der Waals surface area contributed by atoms with Crippen molar-refractivity contribution >= 4 is 5.96 Å². The topological polar surface area (TPSA) is 54.7 Å². The van der Waals surface area contributed by atoms with Gasteiger partial charge in [0.15, 0.2) is 5.96 Å². The van der Waals surface area contributed by atoms with E-state index < -0.39 is 0 Å². The highest BCUT2D eigenvalue weighted by molar-refractivity contribution is 5.80. The van der Waals surface area contributed by atoms with Gasteiger partial charge < -0.3 is 15.0 Å². The van der Waals surface area contributed by atoms with Crippen LogP contribution in [0.15, 0.2) is 17.4 Å². The van der Waals surface area contributed by atoms with Crippen LogP contribution in [0.1, 0.15) is 37.9 Å². The molecule has 6 nitrogen and oxygen atoms in total. The van der Waals surface area contributed by atoms with E-state index in [4.69, 9.17) is 4.74 Å². The van der Waals surface area contributed by atoms with E-state index in [1.165, 1.54) is 19.3 Å². The number of guanidine groups is 1. The predicted octanol–water partition coefficient (Wildman–Crippen LogP) is 1.56. The molecule has 0 radical (unpaired) electrons. The zero-order chi connectivity index (χ0) is 15.5. The van der Waals surface area contributed by atoms with Crippen LogP contribution in [0.3, 0.4) is 0 Å². The average molecular weight is 305 g/mol. The number of hydrogen-bond donors (Lipinski definition) is 1. The van der Waals surface area contributed by atoms with Crippen molar-refractivity contribution in [1.82, 2.24) is 20.0 Å². The Bertz CT molecular complexity index is 526. The lowest BCUT2D eigenvalue weighted by Crippen LogP contribution is -2.49. The molecule has 0 bridgehead atoms. The summed E-state index contributed by atoms with van der Waals surface area (Å²) in [5, 5.41) is 7.86. The van der Waals surface area contributed by atoms with Crippen molar-refractivity contribution in [3.63, 3.8) is 0 Å². The quantitative estimate of drug-likeness (QED) is 0.677. The van der Waals surface area contributed by atoms with E-state index in [9.17, 15) is 0 Å². The molecule has 2 fully saturated rings. The van der Waals surface area contributed by atoms with Crippen LogP contribution < -0.4 is 5.32 Å². The Labute approximate surface area is 132 Å². The maximum Gasteiger partial charge on any atom is 0.194 e. The second-order valence-corrected chi connectivity index (χ2v) is 6.34. The van der Waals surface area contributed by atoms with Gasteiger partial charge in [-0.1, -0.05) is 13.3 Å². The lowest BCUT2D eigenvalue weighted by atomic mass is 10.1. The molecule has 1 aliphatic carbocycles. The summed E-state index contributed by atoms with van der Waals surface area (Å²) < 4.78 is 7.73. The predicted molar refractivity (Wildman–Crippen MR) is 86.8 cm³/mol. The standard InChI is InChI=1S/C16H27N5O/c1-4-5-12-8-14(12)19-16(17-2)21-6-7-22-15(11-21)13-9-18-20(3)10-13/h9-10,12,14-15H,4-8,11H2,1-3H3,(H,17,19). The minimum absolute atomic E-state index is 0.0756. The molecular weight excluding hydrogens is 278 g/mol. The summed E-state index contributed by atoms with van der Waals surface area (Å²) in [6, 6.07) is 0.610. The van der Waals surface area contributed by atoms with Crippen molar-refractivity contribution < 1.29 is 4.74 Å². The Morgan fingerprint density at radius 3 is 3.09 bits per heavy atom. The van der Waals surface area contributed by atoms with Crippen LogP contribution in [0.4, 0.5) is 0 Å². The average Bonchev–Trinajstić information content (AvgIpc) is 3.11. The molecule has 1 N–H and O–H groups in total. The van der Waals surface area contributed by atoms with Crippen molar-refractivity contribution in [2.24, 2.45) is 18.0 Å². The zero-order valence-electron chi connectivity index (χ0n) is 13.8. The van der Waals surface area contributed by atoms with E-state index in [2.05, 4.69) is 27.2 Å². The van der Waals surface area contributed by atoms with Gasteiger partial charge in [0, 0.05) is 38.4 Å². The van der Waals surface area contributed by atoms with E-state index in [0.29, 0.717) is 6.04 Å². The number of nitrogens with one attached hydrogen (secondary N) is 1. The summed E-state index contributed by atoms with van der Waals surface area (Å²) in [5.41, 5.74) is 1.14. The summed E-state index contributed by atoms with van der Waals surface area (Å²) in [5.74, 6) is 1.85. The lowest BCUT2D eigenvalue weighted by molar-refractivity contribution is -0.00808. The highest BCUT2D eigenvalue weighted by atomic mass is 16.5. The van der Waals surface area contributed by atoms with Gasteiger partial charge in [-0.3, -0.25) is 9.67 Å². The molecular formula is C16H27N5O. The van der Waals surface area contributed by atoms with E-state index in [1.54, 1.807) is 0 Å². The van der Waals surface area contributed by atoms with Crippen molar-refractivity contribution in [3.8, 4) is 0 Å². The van der Waals surface area contributed by atoms with Gasteiger partial charge in [-0.15, -0.1) is 0 Å². The molecule has 3 atom stereocenters. The van der Waals surface area contributed by atoms with Gasteiger partial charge in [0.05, 0.1) is 19.3 Å². The zero-order valence-corrected chi connectivity index (χ0v) is 13.8. The third-order valence-corrected chi connectivity index (χ3v) is 4.57. The third kappa shape index (κ3) is 3.43. The molecule has 2 aliphatic rings. The lowest BCUT2D eigenvalue weighted by Gasteiger charge is -2.34. The summed E-state index contributed by atoms with van der Waals surface area (Å²) >= 11 is 0. The van der Waals surface area contributed by atoms with Gasteiger partial charge in [-0.25, -0.2) is 0 Å². The number of nitrogens with zero attached hydrogens (tertiary/aromatic N) is 4. The first-order valence-electron chi connectivity index (χ1n) is 8.29. The normalized spacial score (nSPS) is 28.8. The van der Waals surface area contributed by atoms with Crippen LogP contribution >= 0.6 is 0 Å². The molecule has 22 heavy (non-hydrogen) atoms. The Hall–Kier alpha value is -1.56. The number of aromatic nitrogens is 2. The van der Waals surface area contributed by atoms with Gasteiger partial charge >= 0.3 is 0 Å². The SMILES string of the molecule is CCCC1CC1NC(=NC)N1CCOC(c2cnn(C)c2)C1. The number of aliphatic imine (C=N–C) groups is 1. The first-order chi connectivity index (χ1) is 10.7. The molecule has 3 unspecified atom stereocenters. The smallest absolute Gasteiger partial charge is 0.194 e. The maximum atomic E-state index is 5.90. The fourth-order valence-corrected chi connectivity index (χ4v) is 3.23. The number of aryl methyl sites for hydroxylation is 1. The second kappa shape index (κ2) is 6.69. The first kappa shape index (κ1) is 15.3. The fraction of sp³-hybridized carbons (Fsp3) is 0.750. The van der Waals surface area contributed by atoms with Crippen LogP contribution in [-0.4, -0.2) is 53.4 Å². The van der Waals surface area contributed by atoms with Crippen LogP contribution in [-0.2, 0) is 11.8 Å². The minimum Gasteiger partial charge on any atom is -0.370 e. The van der Waals surface area contributed by atoms with Gasteiger partial charge in [0.25, 0.3) is 0 Å². The molecule has 1 aliphatic heterocycles. The van der Waals surface area contributed by atoms with Crippen LogP contribution in [0.5, 0.6) is 0 Å². The van der Waals surface area contributed by atoms with Crippen LogP contribution in [0.2, 0.25) is 0 Å². The molecule has 3 rings (SSSR count). The Morgan fingerprint density at radius 1 is 1.55 bits per heavy atom. The molecule has 1 aromatic rings. The summed E-state index contributed by atoms with van der Waals surface area (Å²) in [4.78, 5) is 6.78. The number of hydrogen-bond acceptors (Lipinski definition) is 3. The Morgan fingerprint density at radius 2 is 2.41 bits per heavy atom. The van der Waals surface area contributed by atoms with Crippen molar-refractivity contribution in [2.75, 3.05) is 26.7 Å². The molecule has 122 valence electrons. The summed E-state index contributed by atoms with van der Waals surface area (Å²) in [7, 11) is 3.81. The molecule has 0 spiro atoms. The maximum absolute atomic E-state index is 5.90. The van der Waals surface area contributed by atoms with Crippen LogP contribution in [0, 0.1) is 5.92 Å². The molecule has 6 heteroatoms. The van der Waals surface area contributed by atoms with Gasteiger partial charge in [-0.2, -0.15) is 5.10 Å². The van der Waals surface area contributed by atoms with Gasteiger partial charge in [-0.05, 0) is 18.8 Å². The largest absolute Gasteiger partial charge is 0.370 e. The highest BCUT2D eigenvalue weighted by Crippen LogP contribution is 2.34. The van der Waals surface area contributed by atoms with E-state index in [0.717, 1.165) is 37.1 Å². The Balaban J connectivity index is 1.58. The van der Waals surface area contributed by atoms with E-state index in [-0.39, 0.29) is 6.10 Å². The van der Waals surface area contributed by atoms with Gasteiger partial charge in [0.1, 0.15) is 6.10 Å². The molecule has 0 aromatic carbocycles. The van der Waals surface area contributed by atoms with E-state index >= 15 is 0 Å². The molecule has 1 saturated heterocycles. The fourth-order valence-electron chi connectivity index (χ4n) is 3.23. The van der Waals surface area contributed by atoms with Crippen molar-refractivity contribution in [3.05, 3.63) is 18.0 Å². The molecule has 1 aromatic heterocycles. The number of ether oxygens (including phenoxy) is 1. The molecule has 0 amide bonds. The summed E-state index contributed by atoms with van der Waals surface area (Å²) in [6.45, 7) is 4.70. The molecule has 2 heterocycles. The third-order valence-electron chi connectivity index (χ3n) is 4.57. The minimum atomic E-state index is 0.0756. The van der Waals surface area contributed by atoms with E-state index in [1.807, 2.05) is 31.2 Å². The highest BCUT2D eigenvalue weighted by Gasteiger charge is 2.38. The van der Waals surface area contributed by atoms with Crippen LogP contribution in [0.25, 0.3) is 0 Å². The van der Waals surface area contributed by atoms with Crippen molar-refractivity contribution in [1.29, 1.82) is 0 Å². The first-order valence-corrected chi connectivity index (χ1v) is 8.29. The summed E-state index contributed by atoms with van der Waals surface area (Å²) in [6.07, 6.45) is 7.86. The van der Waals surface area contributed by atoms with Gasteiger partial charge in [0.2, 0.25) is 0 Å². The molecule has 1 saturated carbocycles. The number of rotatable bonds is 4. The monoisotopic (exact) mass is 305 g/mol.